The van der Waals surface area contributed by atoms with Crippen molar-refractivity contribution in [2.75, 3.05) is 18.0 Å². The largest absolute Gasteiger partial charge is 0.350 e. The van der Waals surface area contributed by atoms with Crippen molar-refractivity contribution in [1.29, 1.82) is 5.26 Å². The summed E-state index contributed by atoms with van der Waals surface area (Å²) in [5, 5.41) is 12.8. The van der Waals surface area contributed by atoms with E-state index in [1.54, 1.807) is 12.1 Å². The number of alkyl halides is 2. The van der Waals surface area contributed by atoms with Crippen molar-refractivity contribution < 1.29 is 8.78 Å². The van der Waals surface area contributed by atoms with Crippen molar-refractivity contribution in [2.24, 2.45) is 0 Å². The van der Waals surface area contributed by atoms with Gasteiger partial charge in [0.25, 0.3) is 6.43 Å². The molecule has 0 spiro atoms. The maximum Gasteiger partial charge on any atom is 0.266 e. The minimum Gasteiger partial charge on any atom is -0.350 e. The van der Waals surface area contributed by atoms with E-state index >= 15 is 0 Å². The lowest BCUT2D eigenvalue weighted by Gasteiger charge is -2.38. The second-order valence-corrected chi connectivity index (χ2v) is 6.98. The van der Waals surface area contributed by atoms with Gasteiger partial charge in [-0.2, -0.15) is 5.26 Å². The Kier molecular flexibility index (Phi) is 4.65. The van der Waals surface area contributed by atoms with Crippen molar-refractivity contribution in [3.63, 3.8) is 0 Å². The highest BCUT2D eigenvalue weighted by Gasteiger charge is 2.29. The minimum atomic E-state index is -2.69. The maximum absolute atomic E-state index is 13.9. The number of hydrogen-bond acceptors (Lipinski definition) is 6. The van der Waals surface area contributed by atoms with Crippen molar-refractivity contribution >= 4 is 16.9 Å². The van der Waals surface area contributed by atoms with Crippen LogP contribution >= 0.6 is 0 Å². The molecule has 0 saturated carbocycles. The van der Waals surface area contributed by atoms with E-state index in [1.807, 2.05) is 24.8 Å². The molecule has 0 amide bonds. The number of nitriles is 1. The average Bonchev–Trinajstić information content (AvgIpc) is 3.10. The molecule has 4 rings (SSSR count). The van der Waals surface area contributed by atoms with Gasteiger partial charge < -0.3 is 10.2 Å². The Morgan fingerprint density at radius 2 is 2.11 bits per heavy atom. The van der Waals surface area contributed by atoms with E-state index in [9.17, 15) is 8.78 Å². The standard InChI is InChI=1S/C19H19F2N7/c1-11-8-27(12(2)7-24-11)18-16-14(17(20)21)9-28(19(16)26-10-25-18)15-5-13(6-22)3-4-23-15/h3-5,9-12,17,24H,7-8H2,1-2H3/t11-,12+/m1/s1. The highest BCUT2D eigenvalue weighted by molar-refractivity contribution is 5.92. The van der Waals surface area contributed by atoms with Crippen LogP contribution in [0.4, 0.5) is 14.6 Å². The van der Waals surface area contributed by atoms with Crippen LogP contribution in [0.5, 0.6) is 0 Å². The summed E-state index contributed by atoms with van der Waals surface area (Å²) in [6, 6.07) is 5.46. The van der Waals surface area contributed by atoms with Gasteiger partial charge in [-0.25, -0.2) is 23.7 Å². The van der Waals surface area contributed by atoms with E-state index in [0.29, 0.717) is 34.8 Å². The third-order valence-corrected chi connectivity index (χ3v) is 4.99. The zero-order valence-electron chi connectivity index (χ0n) is 15.5. The molecule has 0 radical (unpaired) electrons. The number of hydrogen-bond donors (Lipinski definition) is 1. The fourth-order valence-electron chi connectivity index (χ4n) is 3.57. The molecule has 7 nitrogen and oxygen atoms in total. The van der Waals surface area contributed by atoms with Gasteiger partial charge in [-0.3, -0.25) is 4.57 Å². The molecule has 28 heavy (non-hydrogen) atoms. The number of pyridine rings is 1. The molecule has 9 heteroatoms. The molecule has 0 aliphatic carbocycles. The molecule has 1 N–H and O–H groups in total. The molecule has 2 atom stereocenters. The van der Waals surface area contributed by atoms with Crippen molar-refractivity contribution in [1.82, 2.24) is 24.8 Å². The monoisotopic (exact) mass is 383 g/mol. The second-order valence-electron chi connectivity index (χ2n) is 6.98. The van der Waals surface area contributed by atoms with Gasteiger partial charge in [0.15, 0.2) is 5.65 Å². The van der Waals surface area contributed by atoms with Gasteiger partial charge in [-0.05, 0) is 26.0 Å². The van der Waals surface area contributed by atoms with Gasteiger partial charge in [0.1, 0.15) is 18.0 Å². The van der Waals surface area contributed by atoms with Gasteiger partial charge in [0, 0.05) is 43.1 Å². The second kappa shape index (κ2) is 7.13. The van der Waals surface area contributed by atoms with Crippen LogP contribution in [-0.4, -0.2) is 44.7 Å². The van der Waals surface area contributed by atoms with E-state index < -0.39 is 6.43 Å². The summed E-state index contributed by atoms with van der Waals surface area (Å²) < 4.78 is 29.3. The van der Waals surface area contributed by atoms with Crippen LogP contribution in [0.2, 0.25) is 0 Å². The molecule has 3 aromatic rings. The van der Waals surface area contributed by atoms with Crippen molar-refractivity contribution in [2.45, 2.75) is 32.4 Å². The lowest BCUT2D eigenvalue weighted by Crippen LogP contribution is -2.54. The molecular weight excluding hydrogens is 364 g/mol. The number of fused-ring (bicyclic) bond motifs is 1. The third kappa shape index (κ3) is 3.05. The van der Waals surface area contributed by atoms with Crippen LogP contribution in [0.25, 0.3) is 16.9 Å². The summed E-state index contributed by atoms with van der Waals surface area (Å²) in [5.74, 6) is 0.860. The summed E-state index contributed by atoms with van der Waals surface area (Å²) in [5.41, 5.74) is 0.596. The van der Waals surface area contributed by atoms with Crippen LogP contribution < -0.4 is 10.2 Å². The fraction of sp³-hybridized carbons (Fsp3) is 0.368. The summed E-state index contributed by atoms with van der Waals surface area (Å²) in [7, 11) is 0. The van der Waals surface area contributed by atoms with Gasteiger partial charge in [0.2, 0.25) is 0 Å². The lowest BCUT2D eigenvalue weighted by atomic mass is 10.1. The SMILES string of the molecule is C[C@@H]1CN(c2ncnc3c2c(C(F)F)cn3-c2cc(C#N)ccn2)[C@@H](C)CN1. The number of piperazine rings is 1. The van der Waals surface area contributed by atoms with Gasteiger partial charge >= 0.3 is 0 Å². The normalized spacial score (nSPS) is 19.9. The Hall–Kier alpha value is -3.12. The van der Waals surface area contributed by atoms with Gasteiger partial charge in [-0.1, -0.05) is 0 Å². The van der Waals surface area contributed by atoms with Crippen LogP contribution in [0.1, 0.15) is 31.4 Å². The van der Waals surface area contributed by atoms with E-state index in [4.69, 9.17) is 5.26 Å². The first-order chi connectivity index (χ1) is 13.5. The molecule has 0 aromatic carbocycles. The molecule has 1 aliphatic heterocycles. The molecule has 1 fully saturated rings. The predicted octanol–water partition coefficient (Wildman–Crippen LogP) is 2.81. The molecular formula is C19H19F2N7. The number of halogens is 2. The summed E-state index contributed by atoms with van der Waals surface area (Å²) >= 11 is 0. The molecule has 0 unspecified atom stereocenters. The lowest BCUT2D eigenvalue weighted by molar-refractivity contribution is 0.153. The number of anilines is 1. The summed E-state index contributed by atoms with van der Waals surface area (Å²) in [4.78, 5) is 14.9. The predicted molar refractivity (Wildman–Crippen MR) is 101 cm³/mol. The zero-order chi connectivity index (χ0) is 19.8. The molecule has 4 heterocycles. The number of rotatable bonds is 3. The van der Waals surface area contributed by atoms with Crippen molar-refractivity contribution in [3.8, 4) is 11.9 Å². The van der Waals surface area contributed by atoms with Crippen LogP contribution in [0, 0.1) is 11.3 Å². The molecule has 1 aliphatic rings. The minimum absolute atomic E-state index is 0.100. The maximum atomic E-state index is 13.9. The fourth-order valence-corrected chi connectivity index (χ4v) is 3.57. The number of nitrogens with one attached hydrogen (secondary N) is 1. The Labute approximate surface area is 160 Å². The van der Waals surface area contributed by atoms with E-state index in [-0.39, 0.29) is 17.6 Å². The zero-order valence-corrected chi connectivity index (χ0v) is 15.5. The van der Waals surface area contributed by atoms with E-state index in [0.717, 1.165) is 6.54 Å². The highest BCUT2D eigenvalue weighted by Crippen LogP contribution is 2.36. The third-order valence-electron chi connectivity index (χ3n) is 4.99. The molecule has 0 bridgehead atoms. The topological polar surface area (TPSA) is 82.7 Å². The first-order valence-corrected chi connectivity index (χ1v) is 9.00. The molecule has 1 saturated heterocycles. The van der Waals surface area contributed by atoms with E-state index in [2.05, 4.69) is 20.3 Å². The first-order valence-electron chi connectivity index (χ1n) is 9.00. The van der Waals surface area contributed by atoms with E-state index in [1.165, 1.54) is 23.3 Å². The Balaban J connectivity index is 1.94. The Bertz CT molecular complexity index is 1060. The Morgan fingerprint density at radius 3 is 2.86 bits per heavy atom. The molecule has 144 valence electrons. The van der Waals surface area contributed by atoms with Crippen molar-refractivity contribution in [3.05, 3.63) is 42.0 Å². The quantitative estimate of drug-likeness (QED) is 0.749. The number of aromatic nitrogens is 4. The highest BCUT2D eigenvalue weighted by atomic mass is 19.3. The summed E-state index contributed by atoms with van der Waals surface area (Å²) in [6.07, 6.45) is 1.51. The molecule has 3 aromatic heterocycles. The van der Waals surface area contributed by atoms with Crippen LogP contribution in [0.3, 0.4) is 0 Å². The van der Waals surface area contributed by atoms with Crippen LogP contribution in [0.15, 0.2) is 30.9 Å². The number of nitrogens with zero attached hydrogens (tertiary/aromatic N) is 6. The van der Waals surface area contributed by atoms with Crippen LogP contribution in [-0.2, 0) is 0 Å². The Morgan fingerprint density at radius 1 is 1.29 bits per heavy atom. The smallest absolute Gasteiger partial charge is 0.266 e. The summed E-state index contributed by atoms with van der Waals surface area (Å²) in [6.45, 7) is 5.48. The first kappa shape index (κ1) is 18.3. The van der Waals surface area contributed by atoms with Gasteiger partial charge in [0.05, 0.1) is 17.0 Å². The average molecular weight is 383 g/mol. The van der Waals surface area contributed by atoms with Gasteiger partial charge in [-0.15, -0.1) is 0 Å².